The van der Waals surface area contributed by atoms with Gasteiger partial charge in [-0.1, -0.05) is 20.8 Å². The molecule has 0 bridgehead atoms. The fourth-order valence-corrected chi connectivity index (χ4v) is 3.36. The summed E-state index contributed by atoms with van der Waals surface area (Å²) in [4.78, 5) is 27.4. The van der Waals surface area contributed by atoms with Crippen LogP contribution in [0.4, 0.5) is 5.82 Å². The van der Waals surface area contributed by atoms with E-state index in [1.165, 1.54) is 4.90 Å². The summed E-state index contributed by atoms with van der Waals surface area (Å²) in [5.74, 6) is 1.40. The molecule has 0 saturated heterocycles. The number of ether oxygens (including phenoxy) is 2. The average Bonchev–Trinajstić information content (AvgIpc) is 3.26. The molecule has 3 rings (SSSR count). The first-order valence-corrected chi connectivity index (χ1v) is 11.1. The van der Waals surface area contributed by atoms with Gasteiger partial charge in [-0.25, -0.2) is 4.68 Å². The number of anilines is 1. The highest BCUT2D eigenvalue weighted by Gasteiger charge is 2.23. The molecule has 2 amide bonds. The van der Waals surface area contributed by atoms with Crippen molar-refractivity contribution in [3.05, 3.63) is 65.9 Å². The summed E-state index contributed by atoms with van der Waals surface area (Å²) in [6, 6.07) is 16.1. The van der Waals surface area contributed by atoms with Crippen LogP contribution in [0.3, 0.4) is 0 Å². The fourth-order valence-electron chi connectivity index (χ4n) is 3.36. The summed E-state index contributed by atoms with van der Waals surface area (Å²) >= 11 is 0. The molecule has 0 fully saturated rings. The monoisotopic (exact) mass is 464 g/mol. The molecule has 2 aromatic carbocycles. The Balaban J connectivity index is 1.81. The van der Waals surface area contributed by atoms with E-state index in [1.54, 1.807) is 43.2 Å². The molecular formula is C26H32N4O4. The van der Waals surface area contributed by atoms with Crippen LogP contribution in [0.1, 0.15) is 43.7 Å². The molecule has 34 heavy (non-hydrogen) atoms. The molecule has 0 atom stereocenters. The number of nitrogens with zero attached hydrogens (tertiary/aromatic N) is 3. The van der Waals surface area contributed by atoms with Crippen LogP contribution >= 0.6 is 0 Å². The van der Waals surface area contributed by atoms with Crippen molar-refractivity contribution in [3.8, 4) is 17.2 Å². The summed E-state index contributed by atoms with van der Waals surface area (Å²) < 4.78 is 12.1. The number of hydrogen-bond donors (Lipinski definition) is 1. The minimum Gasteiger partial charge on any atom is -0.497 e. The molecule has 8 nitrogen and oxygen atoms in total. The Hall–Kier alpha value is -3.81. The van der Waals surface area contributed by atoms with Crippen molar-refractivity contribution in [1.82, 2.24) is 14.7 Å². The maximum Gasteiger partial charge on any atom is 0.254 e. The average molecular weight is 465 g/mol. The summed E-state index contributed by atoms with van der Waals surface area (Å²) in [6.45, 7) is 8.33. The molecule has 1 aromatic heterocycles. The van der Waals surface area contributed by atoms with E-state index in [0.717, 1.165) is 17.1 Å². The molecular weight excluding hydrogens is 432 g/mol. The maximum atomic E-state index is 13.0. The number of benzene rings is 2. The Kier molecular flexibility index (Phi) is 7.61. The van der Waals surface area contributed by atoms with Crippen LogP contribution in [-0.2, 0) is 10.2 Å². The van der Waals surface area contributed by atoms with E-state index in [9.17, 15) is 9.59 Å². The molecule has 3 aromatic rings. The Bertz CT molecular complexity index is 1130. The lowest BCUT2D eigenvalue weighted by atomic mass is 9.92. The number of amides is 2. The number of rotatable bonds is 8. The first-order valence-electron chi connectivity index (χ1n) is 11.1. The van der Waals surface area contributed by atoms with Crippen LogP contribution in [-0.4, -0.2) is 53.8 Å². The van der Waals surface area contributed by atoms with Gasteiger partial charge in [-0.3, -0.25) is 9.59 Å². The van der Waals surface area contributed by atoms with Crippen LogP contribution in [0.5, 0.6) is 11.5 Å². The van der Waals surface area contributed by atoms with Gasteiger partial charge < -0.3 is 19.7 Å². The molecule has 8 heteroatoms. The van der Waals surface area contributed by atoms with Crippen molar-refractivity contribution < 1.29 is 19.1 Å². The van der Waals surface area contributed by atoms with Crippen LogP contribution in [0.15, 0.2) is 54.6 Å². The second kappa shape index (κ2) is 10.4. The van der Waals surface area contributed by atoms with Crippen molar-refractivity contribution in [2.24, 2.45) is 0 Å². The molecule has 180 valence electrons. The minimum atomic E-state index is -0.307. The number of hydrogen-bond acceptors (Lipinski definition) is 5. The molecule has 0 radical (unpaired) electrons. The molecule has 1 heterocycles. The van der Waals surface area contributed by atoms with E-state index in [1.807, 2.05) is 37.3 Å². The minimum absolute atomic E-state index is 0.0833. The Morgan fingerprint density at radius 1 is 0.971 bits per heavy atom. The zero-order valence-electron chi connectivity index (χ0n) is 20.6. The summed E-state index contributed by atoms with van der Waals surface area (Å²) in [5, 5.41) is 7.66. The molecule has 0 spiro atoms. The third-order valence-corrected chi connectivity index (χ3v) is 5.40. The second-order valence-electron chi connectivity index (χ2n) is 8.87. The van der Waals surface area contributed by atoms with Crippen LogP contribution in [0.2, 0.25) is 0 Å². The van der Waals surface area contributed by atoms with Gasteiger partial charge in [0.15, 0.2) is 0 Å². The first-order chi connectivity index (χ1) is 16.2. The number of aromatic nitrogens is 2. The lowest BCUT2D eigenvalue weighted by Crippen LogP contribution is -2.38. The van der Waals surface area contributed by atoms with Gasteiger partial charge in [0.25, 0.3) is 5.91 Å². The van der Waals surface area contributed by atoms with Crippen molar-refractivity contribution >= 4 is 17.6 Å². The third kappa shape index (κ3) is 5.75. The standard InChI is InChI=1S/C26H32N4O4/c1-7-29(25(32)18-8-12-20(33-5)13-9-18)17-24(31)27-23-16-22(26(2,3)4)28-30(23)19-10-14-21(34-6)15-11-19/h8-16H,7,17H2,1-6H3,(H,27,31). The SMILES string of the molecule is CCN(CC(=O)Nc1cc(C(C)(C)C)nn1-c1ccc(OC)cc1)C(=O)c1ccc(OC)cc1. The van der Waals surface area contributed by atoms with Gasteiger partial charge >= 0.3 is 0 Å². The van der Waals surface area contributed by atoms with Gasteiger partial charge in [-0.15, -0.1) is 0 Å². The lowest BCUT2D eigenvalue weighted by molar-refractivity contribution is -0.116. The van der Waals surface area contributed by atoms with Gasteiger partial charge in [0.2, 0.25) is 5.91 Å². The highest BCUT2D eigenvalue weighted by Crippen LogP contribution is 2.27. The summed E-state index contributed by atoms with van der Waals surface area (Å²) in [5.41, 5.74) is 1.90. The van der Waals surface area contributed by atoms with E-state index in [2.05, 4.69) is 26.1 Å². The van der Waals surface area contributed by atoms with E-state index < -0.39 is 0 Å². The molecule has 0 unspecified atom stereocenters. The maximum absolute atomic E-state index is 13.0. The van der Waals surface area contributed by atoms with Gasteiger partial charge in [0.1, 0.15) is 23.9 Å². The number of nitrogens with one attached hydrogen (secondary N) is 1. The molecule has 0 aliphatic rings. The smallest absolute Gasteiger partial charge is 0.254 e. The van der Waals surface area contributed by atoms with Gasteiger partial charge in [-0.05, 0) is 55.5 Å². The predicted molar refractivity (Wildman–Crippen MR) is 132 cm³/mol. The zero-order chi connectivity index (χ0) is 24.9. The normalized spacial score (nSPS) is 11.1. The Morgan fingerprint density at radius 3 is 2.03 bits per heavy atom. The van der Waals surface area contributed by atoms with Crippen molar-refractivity contribution in [2.45, 2.75) is 33.1 Å². The van der Waals surface area contributed by atoms with Crippen LogP contribution in [0.25, 0.3) is 5.69 Å². The summed E-state index contributed by atoms with van der Waals surface area (Å²) in [6.07, 6.45) is 0. The van der Waals surface area contributed by atoms with Crippen LogP contribution in [0, 0.1) is 0 Å². The third-order valence-electron chi connectivity index (χ3n) is 5.40. The van der Waals surface area contributed by atoms with Gasteiger partial charge in [-0.2, -0.15) is 5.10 Å². The highest BCUT2D eigenvalue weighted by molar-refractivity contribution is 5.99. The fraction of sp³-hybridized carbons (Fsp3) is 0.346. The number of likely N-dealkylation sites (N-methyl/N-ethyl adjacent to an activating group) is 1. The van der Waals surface area contributed by atoms with E-state index >= 15 is 0 Å². The largest absolute Gasteiger partial charge is 0.497 e. The van der Waals surface area contributed by atoms with Crippen molar-refractivity contribution in [3.63, 3.8) is 0 Å². The quantitative estimate of drug-likeness (QED) is 0.538. The van der Waals surface area contributed by atoms with E-state index in [4.69, 9.17) is 14.6 Å². The number of carbonyl (C=O) groups excluding carboxylic acids is 2. The van der Waals surface area contributed by atoms with Crippen LogP contribution < -0.4 is 14.8 Å². The highest BCUT2D eigenvalue weighted by atomic mass is 16.5. The molecule has 0 saturated carbocycles. The zero-order valence-corrected chi connectivity index (χ0v) is 20.6. The van der Waals surface area contributed by atoms with E-state index in [0.29, 0.717) is 23.7 Å². The number of carbonyl (C=O) groups is 2. The van der Waals surface area contributed by atoms with Crippen molar-refractivity contribution in [2.75, 3.05) is 32.6 Å². The second-order valence-corrected chi connectivity index (χ2v) is 8.87. The summed E-state index contributed by atoms with van der Waals surface area (Å²) in [7, 11) is 3.18. The Labute approximate surface area is 200 Å². The lowest BCUT2D eigenvalue weighted by Gasteiger charge is -2.20. The first kappa shape index (κ1) is 24.8. The van der Waals surface area contributed by atoms with Gasteiger partial charge in [0, 0.05) is 23.6 Å². The van der Waals surface area contributed by atoms with E-state index in [-0.39, 0.29) is 23.8 Å². The Morgan fingerprint density at radius 2 is 1.53 bits per heavy atom. The molecule has 0 aliphatic heterocycles. The van der Waals surface area contributed by atoms with Crippen molar-refractivity contribution in [1.29, 1.82) is 0 Å². The van der Waals surface area contributed by atoms with Gasteiger partial charge in [0.05, 0.1) is 25.6 Å². The predicted octanol–water partition coefficient (Wildman–Crippen LogP) is 4.29. The topological polar surface area (TPSA) is 85.7 Å². The molecule has 1 N–H and O–H groups in total. The number of methoxy groups -OCH3 is 2. The molecule has 0 aliphatic carbocycles.